The molecule has 0 bridgehead atoms. The van der Waals surface area contributed by atoms with Crippen LogP contribution in [0.5, 0.6) is 0 Å². The van der Waals surface area contributed by atoms with Crippen molar-refractivity contribution in [2.24, 2.45) is 5.92 Å². The number of benzene rings is 3. The summed E-state index contributed by atoms with van der Waals surface area (Å²) in [7, 11) is 5.15. The van der Waals surface area contributed by atoms with E-state index >= 15 is 0 Å². The molecule has 41 heavy (non-hydrogen) atoms. The number of nitrogens with zero attached hydrogens (tertiary/aromatic N) is 2. The number of carbonyl (C=O) groups excluding carboxylic acids is 2. The highest BCUT2D eigenvalue weighted by Crippen LogP contribution is 2.36. The number of anilines is 2. The fraction of sp³-hybridized carbons (Fsp3) is 0.333. The first kappa shape index (κ1) is 29.9. The van der Waals surface area contributed by atoms with Crippen LogP contribution >= 0.6 is 0 Å². The quantitative estimate of drug-likeness (QED) is 0.207. The zero-order chi connectivity index (χ0) is 29.6. The van der Waals surface area contributed by atoms with Crippen LogP contribution in [0.2, 0.25) is 0 Å². The molecular weight excluding hydrogens is 529 g/mol. The summed E-state index contributed by atoms with van der Waals surface area (Å²) in [5.74, 6) is -1.12. The minimum atomic E-state index is -4.63. The molecule has 1 fully saturated rings. The number of hydrogen-bond donors (Lipinski definition) is 0. The topological polar surface area (TPSA) is 49.9 Å². The van der Waals surface area contributed by atoms with Crippen molar-refractivity contribution in [2.45, 2.75) is 44.8 Å². The van der Waals surface area contributed by atoms with Crippen molar-refractivity contribution in [3.63, 3.8) is 0 Å². The molecular formula is C33H35F3N2O3. The smallest absolute Gasteiger partial charge is 0.416 e. The van der Waals surface area contributed by atoms with Gasteiger partial charge in [0.25, 0.3) is 0 Å². The first-order valence-electron chi connectivity index (χ1n) is 13.7. The van der Waals surface area contributed by atoms with Gasteiger partial charge in [-0.25, -0.2) is 4.79 Å². The first-order chi connectivity index (χ1) is 19.5. The van der Waals surface area contributed by atoms with Crippen LogP contribution in [0.4, 0.5) is 24.5 Å². The Kier molecular flexibility index (Phi) is 9.53. The molecule has 0 N–H and O–H groups in total. The Balaban J connectivity index is 1.69. The highest BCUT2D eigenvalue weighted by molar-refractivity contribution is 5.96. The molecule has 1 aliphatic rings. The maximum Gasteiger partial charge on any atom is 0.416 e. The number of hydrogen-bond acceptors (Lipinski definition) is 4. The average molecular weight is 565 g/mol. The molecule has 0 spiro atoms. The second-order valence-corrected chi connectivity index (χ2v) is 10.6. The molecule has 4 rings (SSSR count). The Labute approximate surface area is 239 Å². The van der Waals surface area contributed by atoms with Crippen molar-refractivity contribution in [1.82, 2.24) is 0 Å². The van der Waals surface area contributed by atoms with Crippen molar-refractivity contribution < 1.29 is 27.5 Å². The maximum absolute atomic E-state index is 13.9. The highest BCUT2D eigenvalue weighted by Gasteiger charge is 2.33. The van der Waals surface area contributed by atoms with E-state index in [4.69, 9.17) is 0 Å². The molecule has 0 unspecified atom stereocenters. The molecule has 3 aromatic carbocycles. The number of amides is 1. The average Bonchev–Trinajstić information content (AvgIpc) is 2.98. The molecule has 216 valence electrons. The van der Waals surface area contributed by atoms with Crippen LogP contribution in [0.25, 0.3) is 17.2 Å². The third kappa shape index (κ3) is 7.78. The molecule has 3 aromatic rings. The third-order valence-electron chi connectivity index (χ3n) is 7.42. The second kappa shape index (κ2) is 13.1. The Bertz CT molecular complexity index is 1370. The first-order valence-corrected chi connectivity index (χ1v) is 13.7. The summed E-state index contributed by atoms with van der Waals surface area (Å²) in [6.07, 6.45) is 2.01. The summed E-state index contributed by atoms with van der Waals surface area (Å²) in [5.41, 5.74) is 3.32. The Morgan fingerprint density at radius 2 is 1.49 bits per heavy atom. The molecule has 0 aromatic heterocycles. The van der Waals surface area contributed by atoms with Crippen LogP contribution < -0.4 is 9.80 Å². The molecule has 1 aliphatic carbocycles. The van der Waals surface area contributed by atoms with E-state index in [1.54, 1.807) is 0 Å². The molecule has 0 aliphatic heterocycles. The predicted octanol–water partition coefficient (Wildman–Crippen LogP) is 7.74. The number of methoxy groups -OCH3 is 1. The van der Waals surface area contributed by atoms with Gasteiger partial charge in [0.15, 0.2) is 0 Å². The molecule has 5 nitrogen and oxygen atoms in total. The van der Waals surface area contributed by atoms with Gasteiger partial charge in [0, 0.05) is 37.5 Å². The van der Waals surface area contributed by atoms with Crippen LogP contribution in [0.1, 0.15) is 48.8 Å². The number of alkyl halides is 3. The van der Waals surface area contributed by atoms with Gasteiger partial charge >= 0.3 is 12.1 Å². The van der Waals surface area contributed by atoms with E-state index in [2.05, 4.69) is 4.74 Å². The van der Waals surface area contributed by atoms with Gasteiger partial charge in [-0.05, 0) is 71.5 Å². The van der Waals surface area contributed by atoms with E-state index in [-0.39, 0.29) is 29.6 Å². The zero-order valence-corrected chi connectivity index (χ0v) is 23.6. The Morgan fingerprint density at radius 3 is 2.05 bits per heavy atom. The lowest BCUT2D eigenvalue weighted by Gasteiger charge is -2.30. The minimum absolute atomic E-state index is 0.122. The number of ether oxygens (including phenoxy) is 1. The van der Waals surface area contributed by atoms with Crippen LogP contribution in [0.3, 0.4) is 0 Å². The van der Waals surface area contributed by atoms with Crippen molar-refractivity contribution in [1.29, 1.82) is 0 Å². The summed E-state index contributed by atoms with van der Waals surface area (Å²) >= 11 is 0. The van der Waals surface area contributed by atoms with E-state index in [1.807, 2.05) is 67.5 Å². The normalized spacial score (nSPS) is 14.2. The van der Waals surface area contributed by atoms with E-state index in [9.17, 15) is 22.8 Å². The molecule has 1 amide bonds. The summed E-state index contributed by atoms with van der Waals surface area (Å²) in [5, 5.41) is 0. The van der Waals surface area contributed by atoms with Gasteiger partial charge in [-0.1, -0.05) is 55.7 Å². The van der Waals surface area contributed by atoms with Crippen molar-refractivity contribution in [2.75, 3.05) is 31.0 Å². The molecule has 0 atom stereocenters. The third-order valence-corrected chi connectivity index (χ3v) is 7.42. The van der Waals surface area contributed by atoms with Gasteiger partial charge in [0.2, 0.25) is 5.91 Å². The van der Waals surface area contributed by atoms with Gasteiger partial charge in [-0.2, -0.15) is 13.2 Å². The standard InChI is InChI=1S/C33H35F3N2O3/c1-37(2)29-16-14-26(15-17-29)25-12-9-23(10-13-25)22-38(32(40)27-7-5-4-6-8-27)30-20-24(11-18-31(39)41-3)19-28(21-30)33(34,35)36/h9-21,27H,4-8,22H2,1-3H3/b18-11+. The van der Waals surface area contributed by atoms with Crippen LogP contribution in [-0.4, -0.2) is 33.1 Å². The maximum atomic E-state index is 13.9. The molecule has 0 saturated heterocycles. The van der Waals surface area contributed by atoms with E-state index in [1.165, 1.54) is 24.2 Å². The van der Waals surface area contributed by atoms with E-state index in [0.29, 0.717) is 12.8 Å². The van der Waals surface area contributed by atoms with Crippen molar-refractivity contribution in [3.8, 4) is 11.1 Å². The summed E-state index contributed by atoms with van der Waals surface area (Å²) in [6.45, 7) is 0.122. The summed E-state index contributed by atoms with van der Waals surface area (Å²) in [6, 6.07) is 19.4. The monoisotopic (exact) mass is 564 g/mol. The minimum Gasteiger partial charge on any atom is -0.466 e. The fourth-order valence-electron chi connectivity index (χ4n) is 5.09. The van der Waals surface area contributed by atoms with Gasteiger partial charge in [-0.15, -0.1) is 0 Å². The molecule has 0 radical (unpaired) electrons. The largest absolute Gasteiger partial charge is 0.466 e. The summed E-state index contributed by atoms with van der Waals surface area (Å²) in [4.78, 5) is 28.9. The van der Waals surface area contributed by atoms with E-state index < -0.39 is 17.7 Å². The number of rotatable bonds is 8. The van der Waals surface area contributed by atoms with Gasteiger partial charge in [-0.3, -0.25) is 4.79 Å². The fourth-order valence-corrected chi connectivity index (χ4v) is 5.09. The van der Waals surface area contributed by atoms with Gasteiger partial charge < -0.3 is 14.5 Å². The number of carbonyl (C=O) groups is 2. The van der Waals surface area contributed by atoms with E-state index in [0.717, 1.165) is 59.8 Å². The van der Waals surface area contributed by atoms with Crippen LogP contribution in [-0.2, 0) is 27.0 Å². The molecule has 8 heteroatoms. The van der Waals surface area contributed by atoms with Crippen molar-refractivity contribution >= 4 is 29.3 Å². The van der Waals surface area contributed by atoms with Crippen LogP contribution in [0, 0.1) is 5.92 Å². The highest BCUT2D eigenvalue weighted by atomic mass is 19.4. The lowest BCUT2D eigenvalue weighted by atomic mass is 9.88. The Morgan fingerprint density at radius 1 is 0.878 bits per heavy atom. The van der Waals surface area contributed by atoms with Gasteiger partial charge in [0.05, 0.1) is 19.2 Å². The number of halogens is 3. The predicted molar refractivity (Wildman–Crippen MR) is 156 cm³/mol. The summed E-state index contributed by atoms with van der Waals surface area (Å²) < 4.78 is 46.3. The molecule has 0 heterocycles. The number of esters is 1. The lowest BCUT2D eigenvalue weighted by Crippen LogP contribution is -2.37. The van der Waals surface area contributed by atoms with Gasteiger partial charge in [0.1, 0.15) is 0 Å². The molecule has 1 saturated carbocycles. The van der Waals surface area contributed by atoms with Crippen LogP contribution in [0.15, 0.2) is 72.8 Å². The zero-order valence-electron chi connectivity index (χ0n) is 23.6. The lowest BCUT2D eigenvalue weighted by molar-refractivity contribution is -0.137. The Hall–Kier alpha value is -4.07. The van der Waals surface area contributed by atoms with Crippen molar-refractivity contribution in [3.05, 3.63) is 89.5 Å². The second-order valence-electron chi connectivity index (χ2n) is 10.6. The SMILES string of the molecule is COC(=O)/C=C/c1cc(N(Cc2ccc(-c3ccc(N(C)C)cc3)cc2)C(=O)C2CCCCC2)cc(C(F)(F)F)c1.